The Kier molecular flexibility index (Phi) is 9.49. The first-order chi connectivity index (χ1) is 26.0. The van der Waals surface area contributed by atoms with Crippen LogP contribution < -0.4 is 4.74 Å². The maximum atomic E-state index is 6.61. The van der Waals surface area contributed by atoms with E-state index in [4.69, 9.17) is 19.8 Å². The number of aryl methyl sites for hydroxylation is 3. The number of hydrogen-bond donors (Lipinski definition) is 0. The van der Waals surface area contributed by atoms with Crippen molar-refractivity contribution in [2.75, 3.05) is 0 Å². The Hall–Kier alpha value is -6.17. The number of ether oxygens (including phenoxy) is 1. The molecule has 9 rings (SSSR count). The van der Waals surface area contributed by atoms with Crippen molar-refractivity contribution in [3.8, 4) is 56.8 Å². The maximum Gasteiger partial charge on any atom is 2.00 e. The van der Waals surface area contributed by atoms with Gasteiger partial charge in [0, 0.05) is 52.9 Å². The largest absolute Gasteiger partial charge is 2.00 e. The molecule has 0 spiro atoms. The summed E-state index contributed by atoms with van der Waals surface area (Å²) in [5.74, 6) is 1.95. The molecule has 0 amide bonds. The molecule has 0 aliphatic heterocycles. The van der Waals surface area contributed by atoms with Gasteiger partial charge in [-0.15, -0.1) is 35.7 Å². The zero-order valence-electron chi connectivity index (χ0n) is 29.9. The van der Waals surface area contributed by atoms with Crippen LogP contribution in [0, 0.1) is 26.0 Å². The van der Waals surface area contributed by atoms with E-state index in [-0.39, 0.29) is 21.1 Å². The zero-order chi connectivity index (χ0) is 35.9. The molecule has 0 unspecified atom stereocenters. The predicted octanol–water partition coefficient (Wildman–Crippen LogP) is 10.7. The van der Waals surface area contributed by atoms with Gasteiger partial charge in [0.05, 0.1) is 11.4 Å². The predicted molar refractivity (Wildman–Crippen MR) is 211 cm³/mol. The SMILES string of the molecule is CCc1ccc(-c2c(-c3ccccn3)nn(-c3[c-]c(Oc4[c-]c5c(cc4)c4ccccc4n5-c4cc(C)ccn4)cc(C)c3)c2-c2cccnc2)cc1.[Pt+2]. The topological polar surface area (TPSA) is 70.7 Å². The third-order valence-corrected chi connectivity index (χ3v) is 9.49. The molecule has 8 heteroatoms. The minimum atomic E-state index is 0. The summed E-state index contributed by atoms with van der Waals surface area (Å²) in [6.45, 7) is 6.29. The van der Waals surface area contributed by atoms with Crippen LogP contribution in [-0.2, 0) is 27.5 Å². The summed E-state index contributed by atoms with van der Waals surface area (Å²) >= 11 is 0. The fourth-order valence-corrected chi connectivity index (χ4v) is 6.99. The van der Waals surface area contributed by atoms with E-state index in [0.29, 0.717) is 11.5 Å². The van der Waals surface area contributed by atoms with Gasteiger partial charge >= 0.3 is 21.1 Å². The van der Waals surface area contributed by atoms with Crippen LogP contribution in [0.4, 0.5) is 0 Å². The van der Waals surface area contributed by atoms with Gasteiger partial charge in [-0.2, -0.15) is 16.7 Å². The van der Waals surface area contributed by atoms with Crippen LogP contribution in [0.2, 0.25) is 0 Å². The molecule has 5 heterocycles. The summed E-state index contributed by atoms with van der Waals surface area (Å²) in [6.07, 6.45) is 8.26. The van der Waals surface area contributed by atoms with Crippen molar-refractivity contribution in [3.63, 3.8) is 0 Å². The van der Waals surface area contributed by atoms with Gasteiger partial charge in [0.2, 0.25) is 0 Å². The summed E-state index contributed by atoms with van der Waals surface area (Å²) in [5.41, 5.74) is 11.4. The fourth-order valence-electron chi connectivity index (χ4n) is 6.99. The second-order valence-electron chi connectivity index (χ2n) is 13.1. The molecule has 0 aliphatic carbocycles. The van der Waals surface area contributed by atoms with Crippen molar-refractivity contribution >= 4 is 21.8 Å². The third-order valence-electron chi connectivity index (χ3n) is 9.49. The number of nitrogens with zero attached hydrogens (tertiary/aromatic N) is 6. The van der Waals surface area contributed by atoms with E-state index in [9.17, 15) is 0 Å². The average Bonchev–Trinajstić information content (AvgIpc) is 3.75. The molecule has 0 bridgehead atoms. The minimum Gasteiger partial charge on any atom is -0.509 e. The van der Waals surface area contributed by atoms with Gasteiger partial charge in [-0.25, -0.2) is 4.98 Å². The van der Waals surface area contributed by atoms with E-state index in [1.54, 1.807) is 12.4 Å². The summed E-state index contributed by atoms with van der Waals surface area (Å²) < 4.78 is 10.7. The molecule has 7 nitrogen and oxygen atoms in total. The first kappa shape index (κ1) is 34.9. The van der Waals surface area contributed by atoms with Crippen LogP contribution in [0.25, 0.3) is 67.1 Å². The Labute approximate surface area is 328 Å². The van der Waals surface area contributed by atoms with Crippen molar-refractivity contribution in [2.45, 2.75) is 27.2 Å². The van der Waals surface area contributed by atoms with E-state index in [1.165, 1.54) is 5.56 Å². The third kappa shape index (κ3) is 6.41. The second-order valence-corrected chi connectivity index (χ2v) is 13.1. The quantitative estimate of drug-likeness (QED) is 0.142. The molecule has 0 aliphatic rings. The van der Waals surface area contributed by atoms with Crippen molar-refractivity contribution in [2.24, 2.45) is 0 Å². The maximum absolute atomic E-state index is 6.61. The minimum absolute atomic E-state index is 0. The van der Waals surface area contributed by atoms with Gasteiger partial charge in [0.15, 0.2) is 0 Å². The second kappa shape index (κ2) is 14.7. The molecule has 4 aromatic carbocycles. The molecule has 9 aromatic rings. The number of para-hydroxylation sites is 1. The monoisotopic (exact) mass is 881 g/mol. The van der Waals surface area contributed by atoms with Gasteiger partial charge in [-0.1, -0.05) is 67.9 Å². The van der Waals surface area contributed by atoms with E-state index < -0.39 is 0 Å². The van der Waals surface area contributed by atoms with Gasteiger partial charge in [-0.05, 0) is 83.6 Å². The zero-order valence-corrected chi connectivity index (χ0v) is 32.2. The van der Waals surface area contributed by atoms with Crippen molar-refractivity contribution in [3.05, 3.63) is 169 Å². The smallest absolute Gasteiger partial charge is 0.509 e. The van der Waals surface area contributed by atoms with Crippen molar-refractivity contribution in [1.82, 2.24) is 29.3 Å². The number of aromatic nitrogens is 6. The van der Waals surface area contributed by atoms with Crippen LogP contribution in [0.5, 0.6) is 11.5 Å². The molecule has 54 heavy (non-hydrogen) atoms. The summed E-state index contributed by atoms with van der Waals surface area (Å²) in [4.78, 5) is 14.0. The molecule has 0 saturated carbocycles. The van der Waals surface area contributed by atoms with Gasteiger partial charge in [0.1, 0.15) is 11.5 Å². The molecule has 5 aromatic heterocycles. The van der Waals surface area contributed by atoms with Gasteiger partial charge < -0.3 is 9.30 Å². The molecule has 0 radical (unpaired) electrons. The normalized spacial score (nSPS) is 11.2. The number of fused-ring (bicyclic) bond motifs is 3. The number of pyridine rings is 3. The van der Waals surface area contributed by atoms with E-state index >= 15 is 0 Å². The standard InChI is InChI=1S/C46H34N6O.Pt/c1-4-32-14-16-33(17-15-32)44-45(40-12-7-8-22-48-40)50-52(46(44)34-10-9-21-47-29-34)35-24-31(3)25-37(27-35)53-36-18-19-39-38-11-5-6-13-41(38)51(42(39)28-36)43-26-30(2)20-23-49-43;/h5-26,29H,4H2,1-3H3;/q-2;+2. The average molecular weight is 882 g/mol. The molecular formula is C46H34N6OPt. The molecule has 264 valence electrons. The Morgan fingerprint density at radius 3 is 2.31 bits per heavy atom. The number of benzene rings is 4. The summed E-state index contributed by atoms with van der Waals surface area (Å²) in [6, 6.07) is 46.3. The van der Waals surface area contributed by atoms with E-state index in [2.05, 4.69) is 109 Å². The molecular weight excluding hydrogens is 848 g/mol. The van der Waals surface area contributed by atoms with Crippen LogP contribution in [-0.4, -0.2) is 29.3 Å². The fraction of sp³-hybridized carbons (Fsp3) is 0.0870. The number of rotatable bonds is 8. The molecule has 0 atom stereocenters. The summed E-state index contributed by atoms with van der Waals surface area (Å²) in [5, 5.41) is 7.48. The molecule has 0 saturated heterocycles. The number of hydrogen-bond acceptors (Lipinski definition) is 5. The van der Waals surface area contributed by atoms with Crippen LogP contribution in [0.1, 0.15) is 23.6 Å². The Balaban J connectivity index is 0.00000413. The van der Waals surface area contributed by atoms with Crippen LogP contribution >= 0.6 is 0 Å². The van der Waals surface area contributed by atoms with Crippen LogP contribution in [0.15, 0.2) is 140 Å². The van der Waals surface area contributed by atoms with Crippen LogP contribution in [0.3, 0.4) is 0 Å². The van der Waals surface area contributed by atoms with Gasteiger partial charge in [-0.3, -0.25) is 14.6 Å². The Morgan fingerprint density at radius 1 is 0.685 bits per heavy atom. The van der Waals surface area contributed by atoms with Crippen molar-refractivity contribution < 1.29 is 25.8 Å². The first-order valence-electron chi connectivity index (χ1n) is 17.7. The first-order valence-corrected chi connectivity index (χ1v) is 17.7. The Morgan fingerprint density at radius 2 is 1.54 bits per heavy atom. The van der Waals surface area contributed by atoms with Gasteiger partial charge in [0.25, 0.3) is 0 Å². The molecule has 0 N–H and O–H groups in total. The van der Waals surface area contributed by atoms with E-state index in [1.807, 2.05) is 65.6 Å². The summed E-state index contributed by atoms with van der Waals surface area (Å²) in [7, 11) is 0. The van der Waals surface area contributed by atoms with E-state index in [0.717, 1.165) is 84.6 Å². The molecule has 0 fully saturated rings. The van der Waals surface area contributed by atoms with Crippen molar-refractivity contribution in [1.29, 1.82) is 0 Å². The Bertz CT molecular complexity index is 2760.